The van der Waals surface area contributed by atoms with Gasteiger partial charge in [-0.05, 0) is 18.9 Å². The van der Waals surface area contributed by atoms with Crippen LogP contribution in [0.1, 0.15) is 11.1 Å². The van der Waals surface area contributed by atoms with E-state index in [0.29, 0.717) is 6.54 Å². The second kappa shape index (κ2) is 4.07. The second-order valence-electron chi connectivity index (χ2n) is 3.12. The molecule has 0 aliphatic heterocycles. The summed E-state index contributed by atoms with van der Waals surface area (Å²) in [6.07, 6.45) is 0.900. The summed E-state index contributed by atoms with van der Waals surface area (Å²) in [5.74, 6) is 0. The van der Waals surface area contributed by atoms with Gasteiger partial charge in [-0.3, -0.25) is 0 Å². The first-order valence-corrected chi connectivity index (χ1v) is 4.14. The van der Waals surface area contributed by atoms with E-state index in [2.05, 4.69) is 37.8 Å². The van der Waals surface area contributed by atoms with Crippen LogP contribution in [0.5, 0.6) is 0 Å². The molecule has 0 spiro atoms. The summed E-state index contributed by atoms with van der Waals surface area (Å²) >= 11 is 0. The van der Waals surface area contributed by atoms with E-state index < -0.39 is 0 Å². The number of rotatable bonds is 3. The van der Waals surface area contributed by atoms with E-state index in [1.54, 1.807) is 0 Å². The van der Waals surface area contributed by atoms with Gasteiger partial charge in [0, 0.05) is 6.54 Å². The van der Waals surface area contributed by atoms with E-state index in [0.717, 1.165) is 12.0 Å². The van der Waals surface area contributed by atoms with E-state index >= 15 is 0 Å². The van der Waals surface area contributed by atoms with Crippen molar-refractivity contribution >= 4 is 0 Å². The van der Waals surface area contributed by atoms with Gasteiger partial charge in [0.05, 0.1) is 0 Å². The third kappa shape index (κ3) is 2.51. The average molecular weight is 161 g/mol. The van der Waals surface area contributed by atoms with Crippen molar-refractivity contribution < 1.29 is 0 Å². The molecule has 0 amide bonds. The molecule has 0 saturated heterocycles. The predicted octanol–water partition coefficient (Wildman–Crippen LogP) is 2.05. The summed E-state index contributed by atoms with van der Waals surface area (Å²) in [7, 11) is 0. The van der Waals surface area contributed by atoms with Gasteiger partial charge in [-0.2, -0.15) is 0 Å². The van der Waals surface area contributed by atoms with Crippen molar-refractivity contribution in [2.75, 3.05) is 6.54 Å². The summed E-state index contributed by atoms with van der Waals surface area (Å²) in [4.78, 5) is 0. The van der Waals surface area contributed by atoms with E-state index in [-0.39, 0.29) is 0 Å². The first kappa shape index (κ1) is 9.01. The molecule has 2 N–H and O–H groups in total. The zero-order valence-corrected chi connectivity index (χ0v) is 7.51. The summed E-state index contributed by atoms with van der Waals surface area (Å²) < 4.78 is 0. The summed E-state index contributed by atoms with van der Waals surface area (Å²) in [5, 5.41) is 0. The maximum absolute atomic E-state index is 5.45. The Morgan fingerprint density at radius 2 is 1.92 bits per heavy atom. The second-order valence-corrected chi connectivity index (χ2v) is 3.12. The largest absolute Gasteiger partial charge is 0.327 e. The third-order valence-electron chi connectivity index (χ3n) is 1.86. The van der Waals surface area contributed by atoms with Gasteiger partial charge in [-0.25, -0.2) is 0 Å². The quantitative estimate of drug-likeness (QED) is 0.675. The van der Waals surface area contributed by atoms with Crippen LogP contribution in [0.2, 0.25) is 0 Å². The number of hydrogen-bond acceptors (Lipinski definition) is 1. The minimum Gasteiger partial charge on any atom is -0.327 e. The van der Waals surface area contributed by atoms with Crippen LogP contribution in [0.3, 0.4) is 0 Å². The fraction of sp³-hybridized carbons (Fsp3) is 0.273. The Labute approximate surface area is 73.9 Å². The van der Waals surface area contributed by atoms with Gasteiger partial charge in [0.1, 0.15) is 0 Å². The zero-order chi connectivity index (χ0) is 8.97. The van der Waals surface area contributed by atoms with Gasteiger partial charge in [-0.15, -0.1) is 0 Å². The fourth-order valence-corrected chi connectivity index (χ4v) is 1.07. The number of nitrogens with two attached hydrogens (primary N) is 1. The molecule has 64 valence electrons. The smallest absolute Gasteiger partial charge is 0.0137 e. The Hall–Kier alpha value is -1.08. The van der Waals surface area contributed by atoms with Gasteiger partial charge < -0.3 is 5.73 Å². The van der Waals surface area contributed by atoms with Crippen LogP contribution in [0.25, 0.3) is 0 Å². The molecule has 1 aromatic carbocycles. The van der Waals surface area contributed by atoms with E-state index in [1.807, 2.05) is 0 Å². The highest BCUT2D eigenvalue weighted by Gasteiger charge is 1.94. The molecule has 0 atom stereocenters. The molecule has 0 aliphatic carbocycles. The maximum atomic E-state index is 5.45. The van der Waals surface area contributed by atoms with Crippen molar-refractivity contribution in [2.45, 2.75) is 13.3 Å². The summed E-state index contributed by atoms with van der Waals surface area (Å²) in [6.45, 7) is 6.53. The Bertz CT molecular complexity index is 259. The molecule has 1 rings (SSSR count). The van der Waals surface area contributed by atoms with Crippen molar-refractivity contribution in [1.82, 2.24) is 0 Å². The topological polar surface area (TPSA) is 26.0 Å². The highest BCUT2D eigenvalue weighted by molar-refractivity contribution is 5.25. The molecule has 1 aromatic rings. The first-order chi connectivity index (χ1) is 5.72. The minimum atomic E-state index is 0.577. The molecule has 0 bridgehead atoms. The van der Waals surface area contributed by atoms with Crippen LogP contribution in [0.15, 0.2) is 36.4 Å². The molecule has 1 heteroatoms. The summed E-state index contributed by atoms with van der Waals surface area (Å²) in [6, 6.07) is 8.46. The number of aryl methyl sites for hydroxylation is 1. The Morgan fingerprint density at radius 3 is 2.42 bits per heavy atom. The van der Waals surface area contributed by atoms with Crippen LogP contribution in [-0.4, -0.2) is 6.54 Å². The molecule has 0 aromatic heterocycles. The lowest BCUT2D eigenvalue weighted by Crippen LogP contribution is -2.04. The summed E-state index contributed by atoms with van der Waals surface area (Å²) in [5.41, 5.74) is 9.11. The predicted molar refractivity (Wildman–Crippen MR) is 53.1 cm³/mol. The highest BCUT2D eigenvalue weighted by Crippen LogP contribution is 2.07. The lowest BCUT2D eigenvalue weighted by atomic mass is 10.1. The molecule has 0 aliphatic rings. The van der Waals surface area contributed by atoms with Gasteiger partial charge in [0.2, 0.25) is 0 Å². The normalized spacial score (nSPS) is 9.83. The van der Waals surface area contributed by atoms with Crippen LogP contribution >= 0.6 is 0 Å². The molecule has 0 fully saturated rings. The number of benzene rings is 1. The van der Waals surface area contributed by atoms with Gasteiger partial charge in [-0.1, -0.05) is 42.0 Å². The van der Waals surface area contributed by atoms with Crippen molar-refractivity contribution in [2.24, 2.45) is 5.73 Å². The fourth-order valence-electron chi connectivity index (χ4n) is 1.07. The lowest BCUT2D eigenvalue weighted by molar-refractivity contribution is 1.04. The van der Waals surface area contributed by atoms with Gasteiger partial charge >= 0.3 is 0 Å². The molecule has 12 heavy (non-hydrogen) atoms. The average Bonchev–Trinajstić information content (AvgIpc) is 2.09. The van der Waals surface area contributed by atoms with Crippen molar-refractivity contribution in [3.8, 4) is 0 Å². The highest BCUT2D eigenvalue weighted by atomic mass is 14.5. The van der Waals surface area contributed by atoms with Gasteiger partial charge in [0.25, 0.3) is 0 Å². The third-order valence-corrected chi connectivity index (χ3v) is 1.86. The van der Waals surface area contributed by atoms with Crippen molar-refractivity contribution in [3.63, 3.8) is 0 Å². The Balaban J connectivity index is 2.64. The standard InChI is InChI=1S/C11H15N/c1-9-3-5-11(6-4-9)7-10(2)8-12/h3-6H,2,7-8,12H2,1H3. The van der Waals surface area contributed by atoms with Crippen LogP contribution in [0.4, 0.5) is 0 Å². The first-order valence-electron chi connectivity index (χ1n) is 4.14. The SMILES string of the molecule is C=C(CN)Cc1ccc(C)cc1. The zero-order valence-electron chi connectivity index (χ0n) is 7.51. The molecule has 0 heterocycles. The molecule has 0 saturated carbocycles. The van der Waals surface area contributed by atoms with E-state index in [4.69, 9.17) is 5.73 Å². The molecule has 0 radical (unpaired) electrons. The lowest BCUT2D eigenvalue weighted by Gasteiger charge is -2.02. The van der Waals surface area contributed by atoms with E-state index in [9.17, 15) is 0 Å². The Morgan fingerprint density at radius 1 is 1.33 bits per heavy atom. The molecule has 1 nitrogen and oxygen atoms in total. The van der Waals surface area contributed by atoms with Crippen LogP contribution in [-0.2, 0) is 6.42 Å². The van der Waals surface area contributed by atoms with Crippen molar-refractivity contribution in [1.29, 1.82) is 0 Å². The number of hydrogen-bond donors (Lipinski definition) is 1. The molecular weight excluding hydrogens is 146 g/mol. The maximum Gasteiger partial charge on any atom is 0.0137 e. The molecular formula is C11H15N. The minimum absolute atomic E-state index is 0.577. The van der Waals surface area contributed by atoms with Crippen LogP contribution in [0, 0.1) is 6.92 Å². The Kier molecular flexibility index (Phi) is 3.06. The van der Waals surface area contributed by atoms with Crippen molar-refractivity contribution in [3.05, 3.63) is 47.5 Å². The molecule has 0 unspecified atom stereocenters. The monoisotopic (exact) mass is 161 g/mol. The van der Waals surface area contributed by atoms with Crippen LogP contribution < -0.4 is 5.73 Å². The van der Waals surface area contributed by atoms with Gasteiger partial charge in [0.15, 0.2) is 0 Å². The van der Waals surface area contributed by atoms with E-state index in [1.165, 1.54) is 11.1 Å².